The third kappa shape index (κ3) is 6.46. The Balaban J connectivity index is 1.12. The molecule has 192 valence electrons. The number of carbonyl (C=O) groups is 2. The summed E-state index contributed by atoms with van der Waals surface area (Å²) in [5.74, 6) is -0.123. The zero-order chi connectivity index (χ0) is 25.5. The number of aromatic nitrogens is 1. The van der Waals surface area contributed by atoms with E-state index in [4.69, 9.17) is 4.74 Å². The van der Waals surface area contributed by atoms with E-state index in [9.17, 15) is 9.59 Å². The standard InChI is InChI=1S/C29H33N5O3/c35-28(26-8-1-2-9-27(26)34-17-15-33(16-18-34)25-6-3-7-25)32-24-12-10-22(11-13-24)20-31-29(36)37-21-23-5-4-14-30-19-23/h1-2,4-5,8-14,19,25H,3,6-7,15-18,20-21H2,(H,31,36)(H,32,35). The highest BCUT2D eigenvalue weighted by Crippen LogP contribution is 2.28. The van der Waals surface area contributed by atoms with E-state index in [1.165, 1.54) is 19.3 Å². The highest BCUT2D eigenvalue weighted by atomic mass is 16.5. The Morgan fingerprint density at radius 2 is 1.70 bits per heavy atom. The van der Waals surface area contributed by atoms with Gasteiger partial charge in [0.15, 0.2) is 0 Å². The van der Waals surface area contributed by atoms with Crippen LogP contribution in [0.25, 0.3) is 0 Å². The van der Waals surface area contributed by atoms with Gasteiger partial charge in [-0.25, -0.2) is 4.79 Å². The topological polar surface area (TPSA) is 86.8 Å². The summed E-state index contributed by atoms with van der Waals surface area (Å²) in [4.78, 5) is 34.1. The van der Waals surface area contributed by atoms with Gasteiger partial charge >= 0.3 is 6.09 Å². The molecule has 3 aromatic rings. The Morgan fingerprint density at radius 1 is 0.919 bits per heavy atom. The van der Waals surface area contributed by atoms with Crippen molar-refractivity contribution in [2.45, 2.75) is 38.5 Å². The molecule has 2 aliphatic rings. The number of carbonyl (C=O) groups excluding carboxylic acids is 2. The molecule has 0 atom stereocenters. The number of alkyl carbamates (subject to hydrolysis) is 1. The van der Waals surface area contributed by atoms with E-state index in [0.717, 1.165) is 49.0 Å². The van der Waals surface area contributed by atoms with Crippen molar-refractivity contribution >= 4 is 23.4 Å². The van der Waals surface area contributed by atoms with Crippen molar-refractivity contribution in [2.24, 2.45) is 0 Å². The number of nitrogens with one attached hydrogen (secondary N) is 2. The quantitative estimate of drug-likeness (QED) is 0.477. The maximum Gasteiger partial charge on any atom is 0.407 e. The van der Waals surface area contributed by atoms with Gasteiger partial charge < -0.3 is 20.3 Å². The molecule has 2 aromatic carbocycles. The Hall–Kier alpha value is -3.91. The second-order valence-corrected chi connectivity index (χ2v) is 9.57. The van der Waals surface area contributed by atoms with Crippen LogP contribution in [0.2, 0.25) is 0 Å². The number of para-hydroxylation sites is 1. The molecule has 0 spiro atoms. The molecule has 0 radical (unpaired) electrons. The summed E-state index contributed by atoms with van der Waals surface area (Å²) in [5.41, 5.74) is 4.11. The van der Waals surface area contributed by atoms with Crippen LogP contribution in [0, 0.1) is 0 Å². The van der Waals surface area contributed by atoms with E-state index in [1.54, 1.807) is 18.5 Å². The van der Waals surface area contributed by atoms with Crippen LogP contribution in [-0.4, -0.2) is 54.1 Å². The minimum Gasteiger partial charge on any atom is -0.445 e. The Labute approximate surface area is 217 Å². The number of hydrogen-bond donors (Lipinski definition) is 2. The van der Waals surface area contributed by atoms with Gasteiger partial charge in [0, 0.05) is 68.1 Å². The number of piperazine rings is 1. The summed E-state index contributed by atoms with van der Waals surface area (Å²) in [7, 11) is 0. The zero-order valence-corrected chi connectivity index (χ0v) is 20.9. The minimum atomic E-state index is -0.494. The van der Waals surface area contributed by atoms with Crippen molar-refractivity contribution in [2.75, 3.05) is 36.4 Å². The first-order chi connectivity index (χ1) is 18.2. The monoisotopic (exact) mass is 499 g/mol. The van der Waals surface area contributed by atoms with Crippen LogP contribution in [-0.2, 0) is 17.9 Å². The van der Waals surface area contributed by atoms with Gasteiger partial charge in [-0.05, 0) is 48.7 Å². The Kier molecular flexibility index (Phi) is 7.96. The van der Waals surface area contributed by atoms with E-state index in [1.807, 2.05) is 54.6 Å². The van der Waals surface area contributed by atoms with Crippen molar-refractivity contribution in [1.82, 2.24) is 15.2 Å². The summed E-state index contributed by atoms with van der Waals surface area (Å²) in [5, 5.41) is 5.76. The number of rotatable bonds is 8. The molecule has 1 saturated carbocycles. The van der Waals surface area contributed by atoms with E-state index < -0.39 is 6.09 Å². The average molecular weight is 500 g/mol. The van der Waals surface area contributed by atoms with Crippen LogP contribution in [0.3, 0.4) is 0 Å². The third-order valence-electron chi connectivity index (χ3n) is 7.14. The van der Waals surface area contributed by atoms with Gasteiger partial charge in [-0.2, -0.15) is 0 Å². The van der Waals surface area contributed by atoms with Crippen LogP contribution in [0.15, 0.2) is 73.1 Å². The first kappa shape index (κ1) is 24.8. The van der Waals surface area contributed by atoms with Gasteiger partial charge in [-0.1, -0.05) is 36.8 Å². The molecule has 0 unspecified atom stereocenters. The average Bonchev–Trinajstić information content (AvgIpc) is 2.91. The zero-order valence-electron chi connectivity index (χ0n) is 20.9. The van der Waals surface area contributed by atoms with Crippen molar-refractivity contribution in [3.8, 4) is 0 Å². The molecule has 1 aromatic heterocycles. The highest BCUT2D eigenvalue weighted by molar-refractivity contribution is 6.08. The van der Waals surface area contributed by atoms with E-state index >= 15 is 0 Å². The number of hydrogen-bond acceptors (Lipinski definition) is 6. The largest absolute Gasteiger partial charge is 0.445 e. The lowest BCUT2D eigenvalue weighted by molar-refractivity contribution is 0.102. The van der Waals surface area contributed by atoms with Crippen LogP contribution in [0.4, 0.5) is 16.2 Å². The number of amides is 2. The number of benzene rings is 2. The first-order valence-electron chi connectivity index (χ1n) is 12.9. The molecule has 0 bridgehead atoms. The fourth-order valence-corrected chi connectivity index (χ4v) is 4.78. The molecule has 2 fully saturated rings. The lowest BCUT2D eigenvalue weighted by atomic mass is 9.91. The van der Waals surface area contributed by atoms with Crippen molar-refractivity contribution in [3.05, 3.63) is 89.7 Å². The Bertz CT molecular complexity index is 1190. The summed E-state index contributed by atoms with van der Waals surface area (Å²) in [6.45, 7) is 4.47. The van der Waals surface area contributed by atoms with E-state index in [-0.39, 0.29) is 12.5 Å². The summed E-state index contributed by atoms with van der Waals surface area (Å²) >= 11 is 0. The molecule has 2 amide bonds. The number of nitrogens with zero attached hydrogens (tertiary/aromatic N) is 3. The molecule has 1 aliphatic heterocycles. The lowest BCUT2D eigenvalue weighted by Gasteiger charge is -2.43. The summed E-state index contributed by atoms with van der Waals surface area (Å²) in [6, 6.07) is 19.7. The van der Waals surface area contributed by atoms with Crippen molar-refractivity contribution < 1.29 is 14.3 Å². The number of ether oxygens (including phenoxy) is 1. The lowest BCUT2D eigenvalue weighted by Crippen LogP contribution is -2.52. The number of pyridine rings is 1. The second-order valence-electron chi connectivity index (χ2n) is 9.57. The maximum atomic E-state index is 13.2. The molecule has 8 nitrogen and oxygen atoms in total. The van der Waals surface area contributed by atoms with Crippen LogP contribution < -0.4 is 15.5 Å². The van der Waals surface area contributed by atoms with E-state index in [0.29, 0.717) is 17.8 Å². The number of anilines is 2. The van der Waals surface area contributed by atoms with Crippen LogP contribution in [0.5, 0.6) is 0 Å². The van der Waals surface area contributed by atoms with Gasteiger partial charge in [-0.3, -0.25) is 14.7 Å². The summed E-state index contributed by atoms with van der Waals surface area (Å²) < 4.78 is 5.21. The fourth-order valence-electron chi connectivity index (χ4n) is 4.78. The van der Waals surface area contributed by atoms with Crippen LogP contribution >= 0.6 is 0 Å². The van der Waals surface area contributed by atoms with Gasteiger partial charge in [0.1, 0.15) is 6.61 Å². The van der Waals surface area contributed by atoms with Gasteiger partial charge in [0.05, 0.1) is 5.56 Å². The molecule has 5 rings (SSSR count). The summed E-state index contributed by atoms with van der Waals surface area (Å²) in [6.07, 6.45) is 6.84. The molecule has 8 heteroatoms. The van der Waals surface area contributed by atoms with Crippen LogP contribution in [0.1, 0.15) is 40.7 Å². The van der Waals surface area contributed by atoms with Gasteiger partial charge in [0.25, 0.3) is 5.91 Å². The van der Waals surface area contributed by atoms with Crippen molar-refractivity contribution in [3.63, 3.8) is 0 Å². The highest BCUT2D eigenvalue weighted by Gasteiger charge is 2.29. The molecule has 1 aliphatic carbocycles. The third-order valence-corrected chi connectivity index (χ3v) is 7.14. The molecule has 2 heterocycles. The second kappa shape index (κ2) is 11.9. The molecular formula is C29H33N5O3. The normalized spacial score (nSPS) is 16.1. The fraction of sp³-hybridized carbons (Fsp3) is 0.345. The predicted molar refractivity (Wildman–Crippen MR) is 144 cm³/mol. The smallest absolute Gasteiger partial charge is 0.407 e. The first-order valence-corrected chi connectivity index (χ1v) is 12.9. The molecule has 37 heavy (non-hydrogen) atoms. The predicted octanol–water partition coefficient (Wildman–Crippen LogP) is 4.43. The van der Waals surface area contributed by atoms with Crippen molar-refractivity contribution in [1.29, 1.82) is 0 Å². The Morgan fingerprint density at radius 3 is 2.41 bits per heavy atom. The SMILES string of the molecule is O=C(NCc1ccc(NC(=O)c2ccccc2N2CCN(C3CCC3)CC2)cc1)OCc1cccnc1. The van der Waals surface area contributed by atoms with E-state index in [2.05, 4.69) is 25.4 Å². The van der Waals surface area contributed by atoms with Gasteiger partial charge in [0.2, 0.25) is 0 Å². The molecule has 2 N–H and O–H groups in total. The maximum absolute atomic E-state index is 13.2. The van der Waals surface area contributed by atoms with Gasteiger partial charge in [-0.15, -0.1) is 0 Å². The molecule has 1 saturated heterocycles. The minimum absolute atomic E-state index is 0.123. The molecular weight excluding hydrogens is 466 g/mol.